The molecule has 1 aliphatic heterocycles. The molecule has 0 aliphatic carbocycles. The lowest BCUT2D eigenvalue weighted by Gasteiger charge is -2.21. The van der Waals surface area contributed by atoms with Crippen LogP contribution in [0.15, 0.2) is 92.3 Å². The molecule has 7 nitrogen and oxygen atoms in total. The van der Waals surface area contributed by atoms with Crippen molar-refractivity contribution in [1.29, 1.82) is 0 Å². The number of carbonyl (C=O) groups excluding carboxylic acids is 1. The van der Waals surface area contributed by atoms with Crippen molar-refractivity contribution in [3.05, 3.63) is 94.2 Å². The second-order valence-electron chi connectivity index (χ2n) is 7.82. The Kier molecular flexibility index (Phi) is 6.55. The molecular weight excluding hydrogens is 514 g/mol. The van der Waals surface area contributed by atoms with Crippen LogP contribution in [0.3, 0.4) is 0 Å². The Morgan fingerprint density at radius 2 is 1.76 bits per heavy atom. The minimum absolute atomic E-state index is 0.119. The first-order valence-electron chi connectivity index (χ1n) is 10.7. The monoisotopic (exact) mass is 533 g/mol. The number of benzene rings is 2. The molecule has 1 amide bonds. The van der Waals surface area contributed by atoms with E-state index >= 15 is 0 Å². The zero-order valence-electron chi connectivity index (χ0n) is 18.3. The van der Waals surface area contributed by atoms with Gasteiger partial charge in [-0.05, 0) is 42.3 Å². The van der Waals surface area contributed by atoms with Gasteiger partial charge < -0.3 is 4.42 Å². The first kappa shape index (κ1) is 22.5. The number of hydrazone groups is 1. The number of carbonyl (C=O) groups is 1. The van der Waals surface area contributed by atoms with Crippen LogP contribution in [0.4, 0.5) is 0 Å². The van der Waals surface area contributed by atoms with Crippen LogP contribution in [0.1, 0.15) is 29.2 Å². The van der Waals surface area contributed by atoms with Gasteiger partial charge in [-0.1, -0.05) is 69.7 Å². The van der Waals surface area contributed by atoms with Crippen molar-refractivity contribution in [2.24, 2.45) is 5.10 Å². The Bertz CT molecular complexity index is 1320. The summed E-state index contributed by atoms with van der Waals surface area (Å²) in [6, 6.07) is 19.6. The summed E-state index contributed by atoms with van der Waals surface area (Å²) in [5, 5.41) is 14.8. The van der Waals surface area contributed by atoms with E-state index in [-0.39, 0.29) is 17.7 Å². The van der Waals surface area contributed by atoms with E-state index < -0.39 is 0 Å². The second-order valence-corrected chi connectivity index (χ2v) is 9.66. The molecule has 34 heavy (non-hydrogen) atoms. The molecule has 1 atom stereocenters. The van der Waals surface area contributed by atoms with E-state index in [1.807, 2.05) is 31.2 Å². The highest BCUT2D eigenvalue weighted by Crippen LogP contribution is 2.34. The normalized spacial score (nSPS) is 15.4. The fourth-order valence-electron chi connectivity index (χ4n) is 3.67. The fourth-order valence-corrected chi connectivity index (χ4v) is 4.55. The molecule has 1 unspecified atom stereocenters. The summed E-state index contributed by atoms with van der Waals surface area (Å²) in [4.78, 5) is 17.3. The molecule has 4 aromatic rings. The zero-order valence-corrected chi connectivity index (χ0v) is 20.7. The number of hydrogen-bond donors (Lipinski definition) is 0. The summed E-state index contributed by atoms with van der Waals surface area (Å²) in [7, 11) is 0. The standard InChI is InChI=1S/C25H20BrN5O2S/c1-16-2-4-18(5-3-16)22-14-21(17-6-8-20(26)9-7-17)30-31(22)23(32)15-34-25-29-28-24(33-25)19-10-12-27-13-11-19/h2-13,22H,14-15H2,1H3. The molecule has 5 rings (SSSR count). The third-order valence-electron chi connectivity index (χ3n) is 5.46. The van der Waals surface area contributed by atoms with E-state index in [0.717, 1.165) is 26.9 Å². The number of thioether (sulfide) groups is 1. The second kappa shape index (κ2) is 9.90. The van der Waals surface area contributed by atoms with Gasteiger partial charge >= 0.3 is 0 Å². The highest BCUT2D eigenvalue weighted by Gasteiger charge is 2.33. The SMILES string of the molecule is Cc1ccc(C2CC(c3ccc(Br)cc3)=NN2C(=O)CSc2nnc(-c3ccncc3)o2)cc1. The molecule has 0 bridgehead atoms. The number of hydrogen-bond acceptors (Lipinski definition) is 7. The predicted octanol–water partition coefficient (Wildman–Crippen LogP) is 5.67. The number of aromatic nitrogens is 3. The molecule has 9 heteroatoms. The van der Waals surface area contributed by atoms with Crippen LogP contribution in [0, 0.1) is 6.92 Å². The zero-order chi connectivity index (χ0) is 23.5. The molecule has 0 N–H and O–H groups in total. The molecule has 0 saturated carbocycles. The van der Waals surface area contributed by atoms with E-state index in [1.54, 1.807) is 29.5 Å². The average molecular weight is 534 g/mol. The van der Waals surface area contributed by atoms with Gasteiger partial charge in [0.15, 0.2) is 0 Å². The Morgan fingerprint density at radius 3 is 2.50 bits per heavy atom. The lowest BCUT2D eigenvalue weighted by Crippen LogP contribution is -2.28. The van der Waals surface area contributed by atoms with Crippen LogP contribution in [-0.4, -0.2) is 37.6 Å². The molecular formula is C25H20BrN5O2S. The molecule has 1 aliphatic rings. The largest absolute Gasteiger partial charge is 0.411 e. The van der Waals surface area contributed by atoms with Gasteiger partial charge in [0.25, 0.3) is 11.1 Å². The first-order chi connectivity index (χ1) is 16.6. The van der Waals surface area contributed by atoms with Crippen molar-refractivity contribution >= 4 is 39.3 Å². The van der Waals surface area contributed by atoms with Gasteiger partial charge in [-0.2, -0.15) is 5.10 Å². The van der Waals surface area contributed by atoms with Crippen molar-refractivity contribution in [2.45, 2.75) is 24.6 Å². The average Bonchev–Trinajstić information content (AvgIpc) is 3.52. The number of amides is 1. The van der Waals surface area contributed by atoms with Gasteiger partial charge in [-0.15, -0.1) is 10.2 Å². The first-order valence-corrected chi connectivity index (χ1v) is 12.4. The summed E-state index contributed by atoms with van der Waals surface area (Å²) in [6.07, 6.45) is 3.97. The van der Waals surface area contributed by atoms with Gasteiger partial charge in [-0.3, -0.25) is 9.78 Å². The van der Waals surface area contributed by atoms with Crippen molar-refractivity contribution in [2.75, 3.05) is 5.75 Å². The van der Waals surface area contributed by atoms with Gasteiger partial charge in [0.1, 0.15) is 0 Å². The van der Waals surface area contributed by atoms with Gasteiger partial charge in [0.2, 0.25) is 5.89 Å². The highest BCUT2D eigenvalue weighted by atomic mass is 79.9. The molecule has 3 heterocycles. The number of halogens is 1. The maximum atomic E-state index is 13.3. The van der Waals surface area contributed by atoms with E-state index in [1.165, 1.54) is 17.3 Å². The Morgan fingerprint density at radius 1 is 1.03 bits per heavy atom. The summed E-state index contributed by atoms with van der Waals surface area (Å²) in [6.45, 7) is 2.05. The van der Waals surface area contributed by atoms with Crippen LogP contribution in [-0.2, 0) is 4.79 Å². The maximum Gasteiger partial charge on any atom is 0.277 e. The van der Waals surface area contributed by atoms with E-state index in [2.05, 4.69) is 55.4 Å². The van der Waals surface area contributed by atoms with Gasteiger partial charge in [0.05, 0.1) is 17.5 Å². The Hall–Kier alpha value is -3.30. The molecule has 170 valence electrons. The van der Waals surface area contributed by atoms with Crippen LogP contribution in [0.2, 0.25) is 0 Å². The molecule has 0 fully saturated rings. The van der Waals surface area contributed by atoms with Crippen molar-refractivity contribution < 1.29 is 9.21 Å². The lowest BCUT2D eigenvalue weighted by molar-refractivity contribution is -0.130. The third kappa shape index (κ3) is 4.95. The van der Waals surface area contributed by atoms with Crippen LogP contribution >= 0.6 is 27.7 Å². The van der Waals surface area contributed by atoms with Gasteiger partial charge in [-0.25, -0.2) is 5.01 Å². The van der Waals surface area contributed by atoms with Crippen LogP contribution < -0.4 is 0 Å². The number of pyridine rings is 1. The Balaban J connectivity index is 1.34. The van der Waals surface area contributed by atoms with Gasteiger partial charge in [0, 0.05) is 28.9 Å². The summed E-state index contributed by atoms with van der Waals surface area (Å²) in [5.41, 5.74) is 4.89. The smallest absolute Gasteiger partial charge is 0.277 e. The van der Waals surface area contributed by atoms with E-state index in [4.69, 9.17) is 9.52 Å². The van der Waals surface area contributed by atoms with E-state index in [0.29, 0.717) is 17.5 Å². The Labute approximate surface area is 209 Å². The minimum atomic E-state index is -0.164. The highest BCUT2D eigenvalue weighted by molar-refractivity contribution is 9.10. The number of rotatable bonds is 6. The lowest BCUT2D eigenvalue weighted by atomic mass is 9.98. The summed E-state index contributed by atoms with van der Waals surface area (Å²) >= 11 is 4.68. The van der Waals surface area contributed by atoms with Crippen molar-refractivity contribution in [1.82, 2.24) is 20.2 Å². The van der Waals surface area contributed by atoms with Crippen molar-refractivity contribution in [3.63, 3.8) is 0 Å². The number of nitrogens with zero attached hydrogens (tertiary/aromatic N) is 5. The van der Waals surface area contributed by atoms with E-state index in [9.17, 15) is 4.79 Å². The molecule has 2 aromatic heterocycles. The molecule has 2 aromatic carbocycles. The predicted molar refractivity (Wildman–Crippen MR) is 134 cm³/mol. The van der Waals surface area contributed by atoms with Crippen LogP contribution in [0.5, 0.6) is 0 Å². The van der Waals surface area contributed by atoms with Crippen LogP contribution in [0.25, 0.3) is 11.5 Å². The third-order valence-corrected chi connectivity index (χ3v) is 6.79. The minimum Gasteiger partial charge on any atom is -0.411 e. The summed E-state index contributed by atoms with van der Waals surface area (Å²) in [5.74, 6) is 0.412. The maximum absolute atomic E-state index is 13.3. The fraction of sp³-hybridized carbons (Fsp3) is 0.160. The molecule has 0 saturated heterocycles. The number of aryl methyl sites for hydroxylation is 1. The summed E-state index contributed by atoms with van der Waals surface area (Å²) < 4.78 is 6.71. The molecule has 0 spiro atoms. The molecule has 0 radical (unpaired) electrons. The topological polar surface area (TPSA) is 84.5 Å². The quantitative estimate of drug-likeness (QED) is 0.297. The van der Waals surface area contributed by atoms with Crippen molar-refractivity contribution in [3.8, 4) is 11.5 Å².